The van der Waals surface area contributed by atoms with E-state index < -0.39 is 0 Å². The van der Waals surface area contributed by atoms with Crippen LogP contribution in [0.4, 0.5) is 0 Å². The number of thiophene rings is 1. The van der Waals surface area contributed by atoms with Crippen LogP contribution < -0.4 is 0 Å². The van der Waals surface area contributed by atoms with Crippen molar-refractivity contribution in [2.24, 2.45) is 0 Å². The Balaban J connectivity index is 1.16. The minimum atomic E-state index is 0.670. The molecule has 6 aromatic carbocycles. The van der Waals surface area contributed by atoms with Crippen LogP contribution in [0.25, 0.3) is 98.8 Å². The summed E-state index contributed by atoms with van der Waals surface area (Å²) in [5, 5.41) is 3.26. The van der Waals surface area contributed by atoms with E-state index in [0.29, 0.717) is 17.2 Å². The number of hydrogen-bond acceptors (Lipinski definition) is 6. The molecule has 6 heteroatoms. The molecule has 0 aliphatic rings. The van der Waals surface area contributed by atoms with Crippen molar-refractivity contribution in [3.63, 3.8) is 0 Å². The van der Waals surface area contributed by atoms with Crippen molar-refractivity contribution in [1.82, 2.24) is 19.9 Å². The van der Waals surface area contributed by atoms with E-state index in [0.717, 1.165) is 76.9 Å². The Kier molecular flexibility index (Phi) is 6.60. The van der Waals surface area contributed by atoms with Crippen LogP contribution in [-0.2, 0) is 0 Å². The third-order valence-electron chi connectivity index (χ3n) is 9.13. The monoisotopic (exact) mass is 658 g/mol. The van der Waals surface area contributed by atoms with Crippen molar-refractivity contribution in [3.05, 3.63) is 158 Å². The van der Waals surface area contributed by atoms with Crippen LogP contribution in [0.2, 0.25) is 0 Å². The van der Waals surface area contributed by atoms with Crippen molar-refractivity contribution in [3.8, 4) is 56.5 Å². The van der Waals surface area contributed by atoms with Crippen LogP contribution in [-0.4, -0.2) is 19.9 Å². The zero-order chi connectivity index (χ0) is 33.0. The Bertz CT molecular complexity index is 2810. The average molecular weight is 659 g/mol. The van der Waals surface area contributed by atoms with Gasteiger partial charge in [-0.15, -0.1) is 11.3 Å². The van der Waals surface area contributed by atoms with E-state index in [9.17, 15) is 0 Å². The highest BCUT2D eigenvalue weighted by Crippen LogP contribution is 2.42. The van der Waals surface area contributed by atoms with Gasteiger partial charge < -0.3 is 4.42 Å². The Morgan fingerprint density at radius 1 is 0.440 bits per heavy atom. The Morgan fingerprint density at radius 3 is 1.82 bits per heavy atom. The number of nitrogens with zero attached hydrogens (tertiary/aromatic N) is 4. The van der Waals surface area contributed by atoms with Crippen LogP contribution >= 0.6 is 11.3 Å². The molecular weight excluding hydrogens is 633 g/mol. The summed E-state index contributed by atoms with van der Waals surface area (Å²) in [5.41, 5.74) is 9.92. The second kappa shape index (κ2) is 11.6. The van der Waals surface area contributed by atoms with Gasteiger partial charge in [-0.1, -0.05) is 127 Å². The molecule has 0 saturated carbocycles. The molecule has 0 spiro atoms. The molecule has 0 radical (unpaired) electrons. The molecule has 0 unspecified atom stereocenters. The summed E-state index contributed by atoms with van der Waals surface area (Å²) in [5.74, 6) is 1.36. The van der Waals surface area contributed by atoms with Gasteiger partial charge in [0.05, 0.1) is 11.4 Å². The molecule has 10 aromatic rings. The molecule has 234 valence electrons. The molecule has 0 amide bonds. The van der Waals surface area contributed by atoms with Crippen LogP contribution in [0.15, 0.2) is 162 Å². The molecule has 0 atom stereocenters. The number of fused-ring (bicyclic) bond motifs is 6. The molecule has 0 aliphatic heterocycles. The van der Waals surface area contributed by atoms with Crippen LogP contribution in [0.5, 0.6) is 0 Å². The van der Waals surface area contributed by atoms with Gasteiger partial charge in [0.25, 0.3) is 0 Å². The molecule has 50 heavy (non-hydrogen) atoms. The molecule has 10 rings (SSSR count). The standard InChI is InChI=1S/C44H26N4OS/c1-4-13-27(14-5-1)34-26-35(28-15-6-2-7-16-28)46-43(45-34)30-23-24-32-38(25-30)50-37-22-12-20-33(39(32)37)44-47-40(29-17-8-3-9-18-29)42-41(48-44)31-19-10-11-21-36(31)49-42/h1-26H. The Morgan fingerprint density at radius 2 is 1.10 bits per heavy atom. The lowest BCUT2D eigenvalue weighted by Crippen LogP contribution is -1.95. The highest BCUT2D eigenvalue weighted by molar-refractivity contribution is 7.26. The first-order valence-corrected chi connectivity index (χ1v) is 17.3. The zero-order valence-electron chi connectivity index (χ0n) is 26.6. The third kappa shape index (κ3) is 4.77. The number of rotatable bonds is 5. The molecule has 0 aliphatic carbocycles. The van der Waals surface area contributed by atoms with E-state index in [1.807, 2.05) is 72.8 Å². The van der Waals surface area contributed by atoms with Crippen molar-refractivity contribution in [2.45, 2.75) is 0 Å². The fourth-order valence-electron chi connectivity index (χ4n) is 6.74. The van der Waals surface area contributed by atoms with E-state index in [1.165, 1.54) is 4.70 Å². The predicted octanol–water partition coefficient (Wildman–Crippen LogP) is 11.9. The van der Waals surface area contributed by atoms with Crippen LogP contribution in [0.1, 0.15) is 0 Å². The smallest absolute Gasteiger partial charge is 0.180 e. The first-order chi connectivity index (χ1) is 24.8. The summed E-state index contributed by atoms with van der Waals surface area (Å²) in [6, 6.07) is 53.8. The largest absolute Gasteiger partial charge is 0.452 e. The molecular formula is C44H26N4OS. The average Bonchev–Trinajstić information content (AvgIpc) is 3.76. The zero-order valence-corrected chi connectivity index (χ0v) is 27.4. The fourth-order valence-corrected chi connectivity index (χ4v) is 7.92. The van der Waals surface area contributed by atoms with Gasteiger partial charge in [-0.3, -0.25) is 0 Å². The van der Waals surface area contributed by atoms with Gasteiger partial charge in [0, 0.05) is 53.4 Å². The number of hydrogen-bond donors (Lipinski definition) is 0. The highest BCUT2D eigenvalue weighted by Gasteiger charge is 2.21. The molecule has 0 fully saturated rings. The minimum Gasteiger partial charge on any atom is -0.452 e. The first kappa shape index (κ1) is 28.5. The third-order valence-corrected chi connectivity index (χ3v) is 10.2. The highest BCUT2D eigenvalue weighted by atomic mass is 32.1. The van der Waals surface area contributed by atoms with E-state index >= 15 is 0 Å². The normalized spacial score (nSPS) is 11.6. The van der Waals surface area contributed by atoms with E-state index in [4.69, 9.17) is 24.4 Å². The minimum absolute atomic E-state index is 0.670. The summed E-state index contributed by atoms with van der Waals surface area (Å²) >= 11 is 1.76. The topological polar surface area (TPSA) is 64.7 Å². The van der Waals surface area contributed by atoms with Crippen LogP contribution in [0.3, 0.4) is 0 Å². The molecule has 4 aromatic heterocycles. The van der Waals surface area contributed by atoms with Gasteiger partial charge >= 0.3 is 0 Å². The lowest BCUT2D eigenvalue weighted by atomic mass is 10.0. The lowest BCUT2D eigenvalue weighted by molar-refractivity contribution is 0.667. The molecule has 0 bridgehead atoms. The van der Waals surface area contributed by atoms with Gasteiger partial charge in [-0.2, -0.15) is 0 Å². The second-order valence-corrected chi connectivity index (χ2v) is 13.3. The summed E-state index contributed by atoms with van der Waals surface area (Å²) in [4.78, 5) is 20.5. The van der Waals surface area contributed by atoms with Gasteiger partial charge in [-0.25, -0.2) is 19.9 Å². The molecule has 0 N–H and O–H groups in total. The number of benzene rings is 6. The molecule has 0 saturated heterocycles. The van der Waals surface area contributed by atoms with Gasteiger partial charge in [-0.05, 0) is 30.3 Å². The summed E-state index contributed by atoms with van der Waals surface area (Å²) < 4.78 is 8.68. The predicted molar refractivity (Wildman–Crippen MR) is 205 cm³/mol. The van der Waals surface area contributed by atoms with Gasteiger partial charge in [0.1, 0.15) is 16.8 Å². The maximum absolute atomic E-state index is 6.37. The van der Waals surface area contributed by atoms with Crippen molar-refractivity contribution < 1.29 is 4.42 Å². The summed E-state index contributed by atoms with van der Waals surface area (Å²) in [7, 11) is 0. The maximum Gasteiger partial charge on any atom is 0.180 e. The lowest BCUT2D eigenvalue weighted by Gasteiger charge is -2.10. The first-order valence-electron chi connectivity index (χ1n) is 16.5. The van der Waals surface area contributed by atoms with Crippen molar-refractivity contribution in [1.29, 1.82) is 0 Å². The van der Waals surface area contributed by atoms with Gasteiger partial charge in [0.15, 0.2) is 17.2 Å². The van der Waals surface area contributed by atoms with Gasteiger partial charge in [0.2, 0.25) is 0 Å². The fraction of sp³-hybridized carbons (Fsp3) is 0. The Labute approximate surface area is 291 Å². The molecule has 4 heterocycles. The van der Waals surface area contributed by atoms with Crippen molar-refractivity contribution >= 4 is 53.6 Å². The van der Waals surface area contributed by atoms with E-state index in [2.05, 4.69) is 84.9 Å². The van der Waals surface area contributed by atoms with E-state index in [-0.39, 0.29) is 0 Å². The quantitative estimate of drug-likeness (QED) is 0.184. The van der Waals surface area contributed by atoms with Crippen LogP contribution in [0, 0.1) is 0 Å². The maximum atomic E-state index is 6.37. The summed E-state index contributed by atoms with van der Waals surface area (Å²) in [6.07, 6.45) is 0. The Hall–Kier alpha value is -6.50. The number of aromatic nitrogens is 4. The second-order valence-electron chi connectivity index (χ2n) is 12.2. The number of furan rings is 1. The van der Waals surface area contributed by atoms with E-state index in [1.54, 1.807) is 11.3 Å². The molecule has 5 nitrogen and oxygen atoms in total. The summed E-state index contributed by atoms with van der Waals surface area (Å²) in [6.45, 7) is 0. The van der Waals surface area contributed by atoms with Crippen molar-refractivity contribution in [2.75, 3.05) is 0 Å². The number of para-hydroxylation sites is 1. The SMILES string of the molecule is c1ccc(-c2cc(-c3ccccc3)nc(-c3ccc4c(c3)sc3cccc(-c5nc(-c6ccccc6)c6oc7ccccc7c6n5)c34)n2)cc1.